The smallest absolute Gasteiger partial charge is 0.130 e. The summed E-state index contributed by atoms with van der Waals surface area (Å²) in [5.41, 5.74) is 1.03. The summed E-state index contributed by atoms with van der Waals surface area (Å²) in [6.07, 6.45) is 5.02. The second-order valence-corrected chi connectivity index (χ2v) is 5.74. The van der Waals surface area contributed by atoms with Crippen LogP contribution in [0.2, 0.25) is 10.2 Å². The molecule has 0 aliphatic carbocycles. The van der Waals surface area contributed by atoms with Crippen LogP contribution in [-0.4, -0.2) is 35.0 Å². The van der Waals surface area contributed by atoms with Crippen LogP contribution in [0.1, 0.15) is 18.9 Å². The number of rotatable bonds is 6. The number of hydrogen-bond donors (Lipinski definition) is 0. The van der Waals surface area contributed by atoms with Crippen LogP contribution < -0.4 is 0 Å². The highest BCUT2D eigenvalue weighted by atomic mass is 35.5. The lowest BCUT2D eigenvalue weighted by atomic mass is 10.2. The SMILES string of the molecule is CCC(CSC)N(C)Cc1cnc(Cl)cc1Cl. The van der Waals surface area contributed by atoms with Crippen LogP contribution in [0.5, 0.6) is 0 Å². The summed E-state index contributed by atoms with van der Waals surface area (Å²) in [6.45, 7) is 3.02. The maximum Gasteiger partial charge on any atom is 0.130 e. The van der Waals surface area contributed by atoms with Crippen molar-refractivity contribution in [2.75, 3.05) is 19.1 Å². The van der Waals surface area contributed by atoms with Crippen molar-refractivity contribution in [3.05, 3.63) is 28.0 Å². The summed E-state index contributed by atoms with van der Waals surface area (Å²) in [4.78, 5) is 6.39. The normalized spacial score (nSPS) is 13.1. The molecule has 1 atom stereocenters. The van der Waals surface area contributed by atoms with Crippen molar-refractivity contribution in [2.45, 2.75) is 25.9 Å². The number of aromatic nitrogens is 1. The Morgan fingerprint density at radius 3 is 2.71 bits per heavy atom. The lowest BCUT2D eigenvalue weighted by Gasteiger charge is -2.26. The molecule has 2 nitrogen and oxygen atoms in total. The predicted octanol–water partition coefficient (Wildman–Crippen LogP) is 3.96. The van der Waals surface area contributed by atoms with Gasteiger partial charge in [-0.05, 0) is 25.8 Å². The fraction of sp³-hybridized carbons (Fsp3) is 0.583. The molecule has 1 aromatic heterocycles. The molecular weight excluding hydrogens is 275 g/mol. The number of thioether (sulfide) groups is 1. The van der Waals surface area contributed by atoms with E-state index in [1.807, 2.05) is 11.8 Å². The topological polar surface area (TPSA) is 16.1 Å². The van der Waals surface area contributed by atoms with Crippen molar-refractivity contribution >= 4 is 35.0 Å². The summed E-state index contributed by atoms with van der Waals surface area (Å²) in [6, 6.07) is 2.26. The zero-order chi connectivity index (χ0) is 12.8. The zero-order valence-corrected chi connectivity index (χ0v) is 12.7. The molecule has 0 bridgehead atoms. The van der Waals surface area contributed by atoms with Gasteiger partial charge in [0.15, 0.2) is 0 Å². The van der Waals surface area contributed by atoms with E-state index in [0.717, 1.165) is 24.3 Å². The van der Waals surface area contributed by atoms with Gasteiger partial charge in [-0.25, -0.2) is 4.98 Å². The van der Waals surface area contributed by atoms with E-state index in [0.29, 0.717) is 16.2 Å². The van der Waals surface area contributed by atoms with Gasteiger partial charge in [0.2, 0.25) is 0 Å². The minimum atomic E-state index is 0.442. The van der Waals surface area contributed by atoms with Gasteiger partial charge >= 0.3 is 0 Å². The molecule has 96 valence electrons. The van der Waals surface area contributed by atoms with Gasteiger partial charge < -0.3 is 0 Å². The van der Waals surface area contributed by atoms with Crippen molar-refractivity contribution in [1.82, 2.24) is 9.88 Å². The van der Waals surface area contributed by atoms with Crippen molar-refractivity contribution in [3.63, 3.8) is 0 Å². The average molecular weight is 293 g/mol. The lowest BCUT2D eigenvalue weighted by Crippen LogP contribution is -2.32. The molecule has 0 aliphatic heterocycles. The van der Waals surface area contributed by atoms with E-state index in [2.05, 4.69) is 30.1 Å². The van der Waals surface area contributed by atoms with E-state index in [1.54, 1.807) is 12.3 Å². The molecule has 0 aliphatic rings. The van der Waals surface area contributed by atoms with E-state index in [-0.39, 0.29) is 0 Å². The summed E-state index contributed by atoms with van der Waals surface area (Å²) < 4.78 is 0. The monoisotopic (exact) mass is 292 g/mol. The van der Waals surface area contributed by atoms with Crippen LogP contribution >= 0.6 is 35.0 Å². The largest absolute Gasteiger partial charge is 0.298 e. The van der Waals surface area contributed by atoms with Gasteiger partial charge in [0.25, 0.3) is 0 Å². The van der Waals surface area contributed by atoms with Gasteiger partial charge in [0.1, 0.15) is 5.15 Å². The van der Waals surface area contributed by atoms with Gasteiger partial charge in [0, 0.05) is 35.1 Å². The Balaban J connectivity index is 2.69. The third kappa shape index (κ3) is 4.66. The molecule has 0 amide bonds. The highest BCUT2D eigenvalue weighted by molar-refractivity contribution is 7.98. The second-order valence-electron chi connectivity index (χ2n) is 4.03. The van der Waals surface area contributed by atoms with Gasteiger partial charge in [-0.1, -0.05) is 30.1 Å². The Labute approximate surface area is 118 Å². The molecule has 1 unspecified atom stereocenters. The Hall–Kier alpha value is 0.0400. The molecule has 5 heteroatoms. The fourth-order valence-electron chi connectivity index (χ4n) is 1.70. The molecule has 17 heavy (non-hydrogen) atoms. The third-order valence-electron chi connectivity index (χ3n) is 2.77. The number of pyridine rings is 1. The zero-order valence-electron chi connectivity index (χ0n) is 10.4. The highest BCUT2D eigenvalue weighted by Gasteiger charge is 2.14. The molecular formula is C12H18Cl2N2S. The Kier molecular flexibility index (Phi) is 6.63. The molecule has 0 radical (unpaired) electrons. The summed E-state index contributed by atoms with van der Waals surface area (Å²) in [7, 11) is 2.12. The molecule has 0 saturated carbocycles. The van der Waals surface area contributed by atoms with Crippen molar-refractivity contribution in [1.29, 1.82) is 0 Å². The van der Waals surface area contributed by atoms with Gasteiger partial charge in [-0.2, -0.15) is 11.8 Å². The van der Waals surface area contributed by atoms with Crippen LogP contribution in [0, 0.1) is 0 Å². The van der Waals surface area contributed by atoms with E-state index < -0.39 is 0 Å². The van der Waals surface area contributed by atoms with Crippen LogP contribution in [0.3, 0.4) is 0 Å². The fourth-order valence-corrected chi connectivity index (χ4v) is 3.00. The number of halogens is 2. The van der Waals surface area contributed by atoms with Gasteiger partial charge in [-0.3, -0.25) is 4.90 Å². The van der Waals surface area contributed by atoms with Crippen LogP contribution in [0.4, 0.5) is 0 Å². The summed E-state index contributed by atoms with van der Waals surface area (Å²) in [5.74, 6) is 1.13. The lowest BCUT2D eigenvalue weighted by molar-refractivity contribution is 0.247. The van der Waals surface area contributed by atoms with Gasteiger partial charge in [-0.15, -0.1) is 0 Å². The summed E-state index contributed by atoms with van der Waals surface area (Å²) >= 11 is 13.8. The van der Waals surface area contributed by atoms with Crippen molar-refractivity contribution in [2.24, 2.45) is 0 Å². The third-order valence-corrected chi connectivity index (χ3v) is 4.05. The highest BCUT2D eigenvalue weighted by Crippen LogP contribution is 2.21. The quantitative estimate of drug-likeness (QED) is 0.739. The molecule has 0 fully saturated rings. The molecule has 0 spiro atoms. The molecule has 1 aromatic rings. The maximum absolute atomic E-state index is 6.14. The first-order chi connectivity index (χ1) is 8.08. The van der Waals surface area contributed by atoms with E-state index in [1.165, 1.54) is 0 Å². The maximum atomic E-state index is 6.14. The first-order valence-corrected chi connectivity index (χ1v) is 7.72. The van der Waals surface area contributed by atoms with Crippen LogP contribution in [0.15, 0.2) is 12.3 Å². The van der Waals surface area contributed by atoms with E-state index in [9.17, 15) is 0 Å². The average Bonchev–Trinajstić information content (AvgIpc) is 2.29. The van der Waals surface area contributed by atoms with E-state index >= 15 is 0 Å². The Bertz CT molecular complexity index is 360. The molecule has 1 heterocycles. The molecule has 1 rings (SSSR count). The van der Waals surface area contributed by atoms with Crippen LogP contribution in [0.25, 0.3) is 0 Å². The van der Waals surface area contributed by atoms with Crippen molar-refractivity contribution in [3.8, 4) is 0 Å². The molecule has 0 N–H and O–H groups in total. The number of hydrogen-bond acceptors (Lipinski definition) is 3. The van der Waals surface area contributed by atoms with Gasteiger partial charge in [0.05, 0.1) is 0 Å². The molecule has 0 saturated heterocycles. The standard InChI is InChI=1S/C12H18Cl2N2S/c1-4-10(8-17-3)16(2)7-9-6-15-12(14)5-11(9)13/h5-6,10H,4,7-8H2,1-3H3. The Morgan fingerprint density at radius 2 is 2.18 bits per heavy atom. The predicted molar refractivity (Wildman–Crippen MR) is 78.2 cm³/mol. The summed E-state index contributed by atoms with van der Waals surface area (Å²) in [5, 5.41) is 1.13. The first-order valence-electron chi connectivity index (χ1n) is 5.57. The minimum Gasteiger partial charge on any atom is -0.298 e. The molecule has 0 aromatic carbocycles. The minimum absolute atomic E-state index is 0.442. The van der Waals surface area contributed by atoms with Crippen molar-refractivity contribution < 1.29 is 0 Å². The number of nitrogens with zero attached hydrogens (tertiary/aromatic N) is 2. The second kappa shape index (κ2) is 7.47. The first kappa shape index (κ1) is 15.1. The van der Waals surface area contributed by atoms with Crippen LogP contribution in [-0.2, 0) is 6.54 Å². The Morgan fingerprint density at radius 1 is 1.47 bits per heavy atom. The van der Waals surface area contributed by atoms with E-state index in [4.69, 9.17) is 23.2 Å².